The lowest BCUT2D eigenvalue weighted by Crippen LogP contribution is -2.45. The van der Waals surface area contributed by atoms with Crippen molar-refractivity contribution >= 4 is 23.7 Å². The zero-order valence-corrected chi connectivity index (χ0v) is 15.7. The van der Waals surface area contributed by atoms with Gasteiger partial charge in [0.05, 0.1) is 23.7 Å². The Balaban J connectivity index is 1.81. The normalized spacial score (nSPS) is 34.4. The molecule has 1 saturated carbocycles. The van der Waals surface area contributed by atoms with Gasteiger partial charge < -0.3 is 4.90 Å². The highest BCUT2D eigenvalue weighted by Gasteiger charge is 2.38. The number of halogens is 3. The molecule has 3 nitrogen and oxygen atoms in total. The molecule has 2 aliphatic heterocycles. The Morgan fingerprint density at radius 3 is 2.77 bits per heavy atom. The van der Waals surface area contributed by atoms with E-state index in [2.05, 4.69) is 16.8 Å². The summed E-state index contributed by atoms with van der Waals surface area (Å²) in [5.74, 6) is 1.26. The Hall–Kier alpha value is -1.49. The highest BCUT2D eigenvalue weighted by molar-refractivity contribution is 6.31. The van der Waals surface area contributed by atoms with E-state index in [-0.39, 0.29) is 23.7 Å². The van der Waals surface area contributed by atoms with E-state index in [4.69, 9.17) is 16.6 Å². The first-order valence-corrected chi connectivity index (χ1v) is 9.88. The van der Waals surface area contributed by atoms with Gasteiger partial charge in [0.15, 0.2) is 0 Å². The molecule has 6 heteroatoms. The predicted octanol–water partition coefficient (Wildman–Crippen LogP) is 4.60. The summed E-state index contributed by atoms with van der Waals surface area (Å²) in [6.45, 7) is 3.15. The van der Waals surface area contributed by atoms with Gasteiger partial charge >= 0.3 is 0 Å². The van der Waals surface area contributed by atoms with Crippen LogP contribution in [0.4, 0.5) is 8.78 Å². The van der Waals surface area contributed by atoms with Gasteiger partial charge in [-0.3, -0.25) is 9.98 Å². The Morgan fingerprint density at radius 1 is 1.27 bits per heavy atom. The summed E-state index contributed by atoms with van der Waals surface area (Å²) in [6.07, 6.45) is 9.65. The Bertz CT molecular complexity index is 721. The largest absolute Gasteiger partial charge is 0.349 e. The Morgan fingerprint density at radius 2 is 2.08 bits per heavy atom. The van der Waals surface area contributed by atoms with Crippen LogP contribution in [-0.4, -0.2) is 48.3 Å². The number of aliphatic imine (C=N–C) groups is 2. The van der Waals surface area contributed by atoms with Crippen LogP contribution >= 0.6 is 11.6 Å². The van der Waals surface area contributed by atoms with Gasteiger partial charge in [-0.25, -0.2) is 8.78 Å². The summed E-state index contributed by atoms with van der Waals surface area (Å²) in [5, 5.41) is 0.157. The van der Waals surface area contributed by atoms with E-state index in [1.54, 1.807) is 12.3 Å². The van der Waals surface area contributed by atoms with E-state index in [9.17, 15) is 8.78 Å². The summed E-state index contributed by atoms with van der Waals surface area (Å²) in [4.78, 5) is 11.3. The number of amidine groups is 1. The molecule has 0 amide bonds. The number of allylic oxidation sites excluding steroid dienone is 2. The molecular formula is C20H24ClF2N3. The number of hydrogen-bond acceptors (Lipinski definition) is 3. The Labute approximate surface area is 158 Å². The lowest BCUT2D eigenvalue weighted by atomic mass is 9.87. The molecule has 2 heterocycles. The molecule has 0 radical (unpaired) electrons. The third-order valence-corrected chi connectivity index (χ3v) is 5.94. The average Bonchev–Trinajstić information content (AvgIpc) is 3.43. The van der Waals surface area contributed by atoms with Gasteiger partial charge in [-0.2, -0.15) is 0 Å². The summed E-state index contributed by atoms with van der Waals surface area (Å²) < 4.78 is 28.4. The van der Waals surface area contributed by atoms with Crippen molar-refractivity contribution in [1.82, 2.24) is 4.90 Å². The van der Waals surface area contributed by atoms with Crippen molar-refractivity contribution in [3.8, 4) is 0 Å². The SMILES string of the molecule is CCC1CC2C=C(F)C(Cl)=CC1N(CC1CC1)C(C1=CC(F)CN=C1)=N2. The van der Waals surface area contributed by atoms with Crippen molar-refractivity contribution in [1.29, 1.82) is 0 Å². The molecular weight excluding hydrogens is 356 g/mol. The van der Waals surface area contributed by atoms with Crippen molar-refractivity contribution in [2.24, 2.45) is 21.8 Å². The molecule has 0 aromatic carbocycles. The van der Waals surface area contributed by atoms with E-state index in [0.29, 0.717) is 17.4 Å². The van der Waals surface area contributed by atoms with Crippen LogP contribution in [0, 0.1) is 11.8 Å². The van der Waals surface area contributed by atoms with Gasteiger partial charge in [0.1, 0.15) is 17.8 Å². The molecule has 4 unspecified atom stereocenters. The van der Waals surface area contributed by atoms with Crippen molar-refractivity contribution in [3.63, 3.8) is 0 Å². The maximum Gasteiger partial charge on any atom is 0.139 e. The third kappa shape index (κ3) is 3.64. The zero-order valence-electron chi connectivity index (χ0n) is 14.9. The van der Waals surface area contributed by atoms with Gasteiger partial charge in [0.25, 0.3) is 0 Å². The lowest BCUT2D eigenvalue weighted by Gasteiger charge is -2.36. The predicted molar refractivity (Wildman–Crippen MR) is 102 cm³/mol. The zero-order chi connectivity index (χ0) is 18.3. The van der Waals surface area contributed by atoms with Crippen molar-refractivity contribution in [3.05, 3.63) is 34.7 Å². The molecule has 0 saturated heterocycles. The molecule has 4 rings (SSSR count). The molecule has 0 spiro atoms. The summed E-state index contributed by atoms with van der Waals surface area (Å²) >= 11 is 6.25. The topological polar surface area (TPSA) is 28.0 Å². The molecule has 0 aromatic rings. The smallest absolute Gasteiger partial charge is 0.139 e. The van der Waals surface area contributed by atoms with Crippen LogP contribution in [0.5, 0.6) is 0 Å². The fourth-order valence-electron chi connectivity index (χ4n) is 4.05. The van der Waals surface area contributed by atoms with Crippen LogP contribution in [0.2, 0.25) is 0 Å². The second-order valence-electron chi connectivity index (χ2n) is 7.67. The monoisotopic (exact) mass is 379 g/mol. The minimum Gasteiger partial charge on any atom is -0.349 e. The molecule has 4 atom stereocenters. The molecule has 2 bridgehead atoms. The minimum absolute atomic E-state index is 0.0365. The number of rotatable bonds is 4. The van der Waals surface area contributed by atoms with Crippen LogP contribution in [0.25, 0.3) is 0 Å². The fraction of sp³-hybridized carbons (Fsp3) is 0.600. The van der Waals surface area contributed by atoms with E-state index >= 15 is 0 Å². The number of alkyl halides is 1. The first-order chi connectivity index (χ1) is 12.5. The van der Waals surface area contributed by atoms with Crippen molar-refractivity contribution in [2.75, 3.05) is 13.1 Å². The second-order valence-corrected chi connectivity index (χ2v) is 8.08. The molecule has 0 N–H and O–H groups in total. The summed E-state index contributed by atoms with van der Waals surface area (Å²) in [6, 6.07) is -0.330. The number of nitrogens with zero attached hydrogens (tertiary/aromatic N) is 3. The van der Waals surface area contributed by atoms with Gasteiger partial charge in [-0.15, -0.1) is 0 Å². The molecule has 26 heavy (non-hydrogen) atoms. The minimum atomic E-state index is -1.10. The number of hydrogen-bond donors (Lipinski definition) is 0. The van der Waals surface area contributed by atoms with E-state index < -0.39 is 12.0 Å². The molecule has 140 valence electrons. The van der Waals surface area contributed by atoms with Crippen LogP contribution in [0.1, 0.15) is 32.6 Å². The Kier molecular flexibility index (Phi) is 5.00. The first kappa shape index (κ1) is 17.9. The van der Waals surface area contributed by atoms with E-state index in [1.165, 1.54) is 18.9 Å². The molecule has 0 aromatic heterocycles. The summed E-state index contributed by atoms with van der Waals surface area (Å²) in [7, 11) is 0. The summed E-state index contributed by atoms with van der Waals surface area (Å²) in [5.41, 5.74) is 0.705. The maximum atomic E-state index is 14.4. The lowest BCUT2D eigenvalue weighted by molar-refractivity contribution is 0.252. The van der Waals surface area contributed by atoms with Crippen molar-refractivity contribution < 1.29 is 8.78 Å². The van der Waals surface area contributed by atoms with Crippen LogP contribution in [0.3, 0.4) is 0 Å². The molecule has 4 aliphatic rings. The second kappa shape index (κ2) is 7.26. The average molecular weight is 380 g/mol. The third-order valence-electron chi connectivity index (χ3n) is 5.64. The maximum absolute atomic E-state index is 14.4. The number of dihydropyridines is 1. The van der Waals surface area contributed by atoms with Gasteiger partial charge in [-0.1, -0.05) is 24.9 Å². The first-order valence-electron chi connectivity index (χ1n) is 9.50. The van der Waals surface area contributed by atoms with Gasteiger partial charge in [0.2, 0.25) is 0 Å². The van der Waals surface area contributed by atoms with E-state index in [1.807, 2.05) is 6.08 Å². The standard InChI is InChI=1S/C20H24ClF2N3/c1-2-13-6-16-7-18(23)17(21)8-19(13)26(11-12-3-4-12)20(25-16)14-5-15(22)10-24-9-14/h5,7-9,12-13,15-16,19H,2-4,6,10-11H2,1H3. The van der Waals surface area contributed by atoms with E-state index in [0.717, 1.165) is 25.2 Å². The van der Waals surface area contributed by atoms with Crippen molar-refractivity contribution in [2.45, 2.75) is 50.9 Å². The highest BCUT2D eigenvalue weighted by Crippen LogP contribution is 2.38. The quantitative estimate of drug-likeness (QED) is 0.701. The van der Waals surface area contributed by atoms with Gasteiger partial charge in [-0.05, 0) is 49.3 Å². The fourth-order valence-corrected chi connectivity index (χ4v) is 4.24. The van der Waals surface area contributed by atoms with Crippen LogP contribution < -0.4 is 0 Å². The van der Waals surface area contributed by atoms with Crippen LogP contribution in [-0.2, 0) is 0 Å². The molecule has 2 aliphatic carbocycles. The number of fused-ring (bicyclic) bond motifs is 3. The van der Waals surface area contributed by atoms with Crippen LogP contribution in [0.15, 0.2) is 44.6 Å². The van der Waals surface area contributed by atoms with Gasteiger partial charge in [0, 0.05) is 18.3 Å². The highest BCUT2D eigenvalue weighted by atomic mass is 35.5. The molecule has 1 fully saturated rings.